The molecule has 1 saturated carbocycles. The summed E-state index contributed by atoms with van der Waals surface area (Å²) in [4.78, 5) is 25.1. The zero-order valence-corrected chi connectivity index (χ0v) is 19.4. The van der Waals surface area contributed by atoms with Gasteiger partial charge >= 0.3 is 0 Å². The quantitative estimate of drug-likeness (QED) is 0.523. The third-order valence-electron chi connectivity index (χ3n) is 5.26. The minimum Gasteiger partial charge on any atom is -0.349 e. The van der Waals surface area contributed by atoms with Crippen LogP contribution in [-0.2, 0) is 10.0 Å². The maximum atomic E-state index is 13.1. The van der Waals surface area contributed by atoms with Gasteiger partial charge in [0.1, 0.15) is 0 Å². The van der Waals surface area contributed by atoms with Gasteiger partial charge < -0.3 is 10.6 Å². The molecule has 2 amide bonds. The van der Waals surface area contributed by atoms with E-state index >= 15 is 0 Å². The van der Waals surface area contributed by atoms with Crippen LogP contribution in [0.25, 0.3) is 0 Å². The summed E-state index contributed by atoms with van der Waals surface area (Å²) in [5.74, 6) is -0.789. The number of rotatable bonds is 7. The van der Waals surface area contributed by atoms with E-state index in [0.29, 0.717) is 16.9 Å². The summed E-state index contributed by atoms with van der Waals surface area (Å²) >= 11 is 6.22. The van der Waals surface area contributed by atoms with Crippen molar-refractivity contribution in [2.24, 2.45) is 0 Å². The maximum absolute atomic E-state index is 13.1. The van der Waals surface area contributed by atoms with E-state index in [9.17, 15) is 18.0 Å². The number of carbonyl (C=O) groups is 2. The van der Waals surface area contributed by atoms with Crippen LogP contribution < -0.4 is 14.9 Å². The number of sulfonamides is 1. The Kier molecular flexibility index (Phi) is 6.40. The van der Waals surface area contributed by atoms with E-state index in [1.807, 2.05) is 0 Å². The third kappa shape index (κ3) is 5.18. The Hall–Kier alpha value is -3.36. The summed E-state index contributed by atoms with van der Waals surface area (Å²) < 4.78 is 27.3. The van der Waals surface area contributed by atoms with Crippen LogP contribution in [0.2, 0.25) is 5.02 Å². The number of carbonyl (C=O) groups excluding carboxylic acids is 2. The highest BCUT2D eigenvalue weighted by atomic mass is 35.5. The molecule has 1 aliphatic carbocycles. The number of nitrogens with one attached hydrogen (secondary N) is 2. The zero-order valence-electron chi connectivity index (χ0n) is 17.8. The zero-order chi connectivity index (χ0) is 23.6. The lowest BCUT2D eigenvalue weighted by atomic mass is 10.1. The number of hydrogen-bond donors (Lipinski definition) is 2. The molecule has 9 heteroatoms. The molecule has 7 nitrogen and oxygen atoms in total. The van der Waals surface area contributed by atoms with Crippen molar-refractivity contribution in [3.8, 4) is 0 Å². The SMILES string of the molecule is CN(c1ccccc1)S(=O)(=O)c1ccc(Cl)c(C(=O)Nc2cccc(C(=O)NC3CC3)c2)c1. The molecule has 0 saturated heterocycles. The Balaban J connectivity index is 1.56. The van der Waals surface area contributed by atoms with Crippen molar-refractivity contribution in [3.63, 3.8) is 0 Å². The standard InChI is InChI=1S/C24H22ClN3O4S/c1-28(19-8-3-2-4-9-19)33(31,32)20-12-13-22(25)21(15-20)24(30)27-18-7-5-6-16(14-18)23(29)26-17-10-11-17/h2-9,12-15,17H,10-11H2,1H3,(H,26,29)(H,27,30). The molecule has 2 N–H and O–H groups in total. The first-order chi connectivity index (χ1) is 15.8. The van der Waals surface area contributed by atoms with Gasteiger partial charge in [0.15, 0.2) is 0 Å². The van der Waals surface area contributed by atoms with Gasteiger partial charge in [0.2, 0.25) is 0 Å². The smallest absolute Gasteiger partial charge is 0.264 e. The van der Waals surface area contributed by atoms with Gasteiger partial charge in [-0.05, 0) is 61.4 Å². The second-order valence-corrected chi connectivity index (χ2v) is 10.1. The van der Waals surface area contributed by atoms with E-state index in [1.54, 1.807) is 54.6 Å². The average molecular weight is 484 g/mol. The fourth-order valence-electron chi connectivity index (χ4n) is 3.21. The Morgan fingerprint density at radius 2 is 1.67 bits per heavy atom. The number of anilines is 2. The van der Waals surface area contributed by atoms with Gasteiger partial charge in [0, 0.05) is 24.3 Å². The van der Waals surface area contributed by atoms with Crippen molar-refractivity contribution in [1.82, 2.24) is 5.32 Å². The third-order valence-corrected chi connectivity index (χ3v) is 7.37. The Morgan fingerprint density at radius 1 is 0.939 bits per heavy atom. The summed E-state index contributed by atoms with van der Waals surface area (Å²) in [7, 11) is -2.48. The lowest BCUT2D eigenvalue weighted by Gasteiger charge is -2.20. The molecule has 0 bridgehead atoms. The van der Waals surface area contributed by atoms with E-state index in [1.165, 1.54) is 25.2 Å². The molecule has 3 aromatic rings. The predicted molar refractivity (Wildman–Crippen MR) is 128 cm³/mol. The van der Waals surface area contributed by atoms with Crippen molar-refractivity contribution in [2.75, 3.05) is 16.7 Å². The van der Waals surface area contributed by atoms with Crippen molar-refractivity contribution in [1.29, 1.82) is 0 Å². The van der Waals surface area contributed by atoms with Crippen molar-refractivity contribution >= 4 is 44.8 Å². The molecular weight excluding hydrogens is 462 g/mol. The lowest BCUT2D eigenvalue weighted by molar-refractivity contribution is 0.0949. The molecule has 0 atom stereocenters. The van der Waals surface area contributed by atoms with Crippen molar-refractivity contribution in [2.45, 2.75) is 23.8 Å². The summed E-state index contributed by atoms with van der Waals surface area (Å²) in [5.41, 5.74) is 1.31. The summed E-state index contributed by atoms with van der Waals surface area (Å²) in [5, 5.41) is 5.69. The minimum atomic E-state index is -3.92. The number of nitrogens with zero attached hydrogens (tertiary/aromatic N) is 1. The Bertz CT molecular complexity index is 1310. The molecule has 0 spiro atoms. The molecule has 0 heterocycles. The second kappa shape index (κ2) is 9.25. The number of benzene rings is 3. The van der Waals surface area contributed by atoms with Crippen LogP contribution in [0.15, 0.2) is 77.7 Å². The van der Waals surface area contributed by atoms with Gasteiger partial charge in [0.25, 0.3) is 21.8 Å². The van der Waals surface area contributed by atoms with Crippen LogP contribution in [0.3, 0.4) is 0 Å². The molecule has 33 heavy (non-hydrogen) atoms. The fraction of sp³-hybridized carbons (Fsp3) is 0.167. The van der Waals surface area contributed by atoms with Crippen molar-refractivity contribution in [3.05, 3.63) is 88.9 Å². The first kappa shape index (κ1) is 22.8. The minimum absolute atomic E-state index is 0.00652. The van der Waals surface area contributed by atoms with Gasteiger partial charge in [-0.25, -0.2) is 8.42 Å². The van der Waals surface area contributed by atoms with Gasteiger partial charge in [-0.2, -0.15) is 0 Å². The van der Waals surface area contributed by atoms with Crippen LogP contribution in [-0.4, -0.2) is 33.3 Å². The van der Waals surface area contributed by atoms with Crippen LogP contribution in [0.1, 0.15) is 33.6 Å². The molecule has 0 aliphatic heterocycles. The molecule has 4 rings (SSSR count). The number of amides is 2. The van der Waals surface area contributed by atoms with Crippen LogP contribution in [0, 0.1) is 0 Å². The average Bonchev–Trinajstić information content (AvgIpc) is 3.63. The lowest BCUT2D eigenvalue weighted by Crippen LogP contribution is -2.27. The summed E-state index contributed by atoms with van der Waals surface area (Å²) in [6, 6.07) is 19.3. The molecule has 170 valence electrons. The first-order valence-electron chi connectivity index (χ1n) is 10.3. The Labute approximate surface area is 197 Å². The van der Waals surface area contributed by atoms with Crippen LogP contribution >= 0.6 is 11.6 Å². The summed E-state index contributed by atoms with van der Waals surface area (Å²) in [6.07, 6.45) is 1.94. The van der Waals surface area contributed by atoms with Gasteiger partial charge in [-0.15, -0.1) is 0 Å². The molecular formula is C24H22ClN3O4S. The number of halogens is 1. The second-order valence-electron chi connectivity index (χ2n) is 7.73. The maximum Gasteiger partial charge on any atom is 0.264 e. The first-order valence-corrected chi connectivity index (χ1v) is 12.1. The van der Waals surface area contributed by atoms with Crippen molar-refractivity contribution < 1.29 is 18.0 Å². The van der Waals surface area contributed by atoms with E-state index in [2.05, 4.69) is 10.6 Å². The highest BCUT2D eigenvalue weighted by molar-refractivity contribution is 7.92. The number of hydrogen-bond acceptors (Lipinski definition) is 4. The Morgan fingerprint density at radius 3 is 2.36 bits per heavy atom. The molecule has 3 aromatic carbocycles. The number of para-hydroxylation sites is 1. The molecule has 1 fully saturated rings. The highest BCUT2D eigenvalue weighted by Crippen LogP contribution is 2.26. The fourth-order valence-corrected chi connectivity index (χ4v) is 4.63. The normalized spacial score (nSPS) is 13.3. The topological polar surface area (TPSA) is 95.6 Å². The monoisotopic (exact) mass is 483 g/mol. The predicted octanol–water partition coefficient (Wildman–Crippen LogP) is 4.31. The van der Waals surface area contributed by atoms with Gasteiger partial charge in [-0.3, -0.25) is 13.9 Å². The van der Waals surface area contributed by atoms with Crippen LogP contribution in [0.4, 0.5) is 11.4 Å². The summed E-state index contributed by atoms with van der Waals surface area (Å²) in [6.45, 7) is 0. The van der Waals surface area contributed by atoms with Gasteiger partial charge in [0.05, 0.1) is 21.2 Å². The van der Waals surface area contributed by atoms with E-state index in [-0.39, 0.29) is 27.4 Å². The molecule has 0 aromatic heterocycles. The van der Waals surface area contributed by atoms with Gasteiger partial charge in [-0.1, -0.05) is 35.9 Å². The van der Waals surface area contributed by atoms with E-state index in [4.69, 9.17) is 11.6 Å². The molecule has 0 radical (unpaired) electrons. The molecule has 0 unspecified atom stereocenters. The van der Waals surface area contributed by atoms with E-state index in [0.717, 1.165) is 17.1 Å². The molecule has 1 aliphatic rings. The van der Waals surface area contributed by atoms with E-state index < -0.39 is 15.9 Å². The van der Waals surface area contributed by atoms with Crippen LogP contribution in [0.5, 0.6) is 0 Å². The largest absolute Gasteiger partial charge is 0.349 e. The highest BCUT2D eigenvalue weighted by Gasteiger charge is 2.25.